The van der Waals surface area contributed by atoms with Crippen LogP contribution in [0.4, 0.5) is 0 Å². The molecule has 128 valence electrons. The Morgan fingerprint density at radius 2 is 1.91 bits per heavy atom. The normalized spacial score (nSPS) is 24.1. The molecule has 2 saturated heterocycles. The largest absolute Gasteiger partial charge is 0.476 e. The molecule has 2 aliphatic rings. The van der Waals surface area contributed by atoms with Gasteiger partial charge >= 0.3 is 5.97 Å². The van der Waals surface area contributed by atoms with Crippen LogP contribution < -0.4 is 0 Å². The molecule has 0 amide bonds. The number of aromatic nitrogens is 3. The predicted octanol–water partition coefficient (Wildman–Crippen LogP) is 0.0289. The number of nitrogens with zero attached hydrogens (tertiary/aromatic N) is 5. The molecule has 9 nitrogen and oxygen atoms in total. The lowest BCUT2D eigenvalue weighted by Gasteiger charge is -2.34. The van der Waals surface area contributed by atoms with Crippen molar-refractivity contribution in [2.45, 2.75) is 32.2 Å². The highest BCUT2D eigenvalue weighted by atomic mass is 32.2. The third kappa shape index (κ3) is 3.54. The van der Waals surface area contributed by atoms with Crippen LogP contribution in [0, 0.1) is 5.92 Å². The van der Waals surface area contributed by atoms with E-state index in [-0.39, 0.29) is 11.6 Å². The van der Waals surface area contributed by atoms with Crippen molar-refractivity contribution in [3.05, 3.63) is 11.9 Å². The van der Waals surface area contributed by atoms with Gasteiger partial charge in [0.25, 0.3) is 10.2 Å². The van der Waals surface area contributed by atoms with Crippen LogP contribution in [0.5, 0.6) is 0 Å². The summed E-state index contributed by atoms with van der Waals surface area (Å²) in [6.45, 7) is 2.68. The van der Waals surface area contributed by atoms with Gasteiger partial charge in [0.15, 0.2) is 5.69 Å². The first-order valence-corrected chi connectivity index (χ1v) is 9.25. The Balaban J connectivity index is 1.64. The van der Waals surface area contributed by atoms with E-state index in [9.17, 15) is 13.2 Å². The van der Waals surface area contributed by atoms with Gasteiger partial charge in [-0.25, -0.2) is 4.79 Å². The summed E-state index contributed by atoms with van der Waals surface area (Å²) in [7, 11) is -3.37. The van der Waals surface area contributed by atoms with E-state index in [4.69, 9.17) is 5.11 Å². The van der Waals surface area contributed by atoms with Crippen LogP contribution in [0.2, 0.25) is 0 Å². The molecule has 0 aromatic carbocycles. The molecule has 0 spiro atoms. The van der Waals surface area contributed by atoms with Crippen LogP contribution in [-0.4, -0.2) is 69.3 Å². The average molecular weight is 343 g/mol. The zero-order chi connectivity index (χ0) is 16.4. The first-order chi connectivity index (χ1) is 11.0. The molecule has 2 aliphatic heterocycles. The van der Waals surface area contributed by atoms with E-state index in [1.54, 1.807) is 8.61 Å². The molecule has 3 heterocycles. The Kier molecular flexibility index (Phi) is 4.64. The second-order valence-electron chi connectivity index (χ2n) is 6.11. The molecule has 1 aromatic heterocycles. The Morgan fingerprint density at radius 3 is 2.57 bits per heavy atom. The molecule has 10 heteroatoms. The number of hydrogen-bond acceptors (Lipinski definition) is 5. The van der Waals surface area contributed by atoms with Gasteiger partial charge in [0.05, 0.1) is 6.20 Å². The number of piperidine rings is 1. The molecule has 1 aromatic rings. The van der Waals surface area contributed by atoms with Crippen molar-refractivity contribution in [1.29, 1.82) is 0 Å². The van der Waals surface area contributed by atoms with Gasteiger partial charge in [0.1, 0.15) is 0 Å². The molecule has 1 N–H and O–H groups in total. The minimum absolute atomic E-state index is 0.0950. The fourth-order valence-corrected chi connectivity index (χ4v) is 5.02. The Labute approximate surface area is 135 Å². The first kappa shape index (κ1) is 16.3. The summed E-state index contributed by atoms with van der Waals surface area (Å²) in [6, 6.07) is 0. The lowest BCUT2D eigenvalue weighted by molar-refractivity contribution is 0.0690. The second kappa shape index (κ2) is 6.54. The quantitative estimate of drug-likeness (QED) is 0.808. The summed E-state index contributed by atoms with van der Waals surface area (Å²) in [5.74, 6) is -0.998. The van der Waals surface area contributed by atoms with Gasteiger partial charge in [-0.2, -0.15) is 17.0 Å². The Hall–Kier alpha value is -1.52. The van der Waals surface area contributed by atoms with E-state index in [0.717, 1.165) is 25.7 Å². The minimum Gasteiger partial charge on any atom is -0.476 e. The van der Waals surface area contributed by atoms with Crippen molar-refractivity contribution in [2.24, 2.45) is 5.92 Å². The third-order valence-corrected chi connectivity index (χ3v) is 6.40. The predicted molar refractivity (Wildman–Crippen MR) is 81.0 cm³/mol. The molecule has 0 radical (unpaired) electrons. The maximum Gasteiger partial charge on any atom is 0.358 e. The van der Waals surface area contributed by atoms with Crippen molar-refractivity contribution in [3.8, 4) is 0 Å². The van der Waals surface area contributed by atoms with Crippen LogP contribution in [-0.2, 0) is 16.8 Å². The fraction of sp³-hybridized carbons (Fsp3) is 0.769. The van der Waals surface area contributed by atoms with Crippen LogP contribution >= 0.6 is 0 Å². The molecular weight excluding hydrogens is 322 g/mol. The molecule has 1 atom stereocenters. The minimum atomic E-state index is -3.37. The van der Waals surface area contributed by atoms with Crippen molar-refractivity contribution in [1.82, 2.24) is 23.6 Å². The summed E-state index contributed by atoms with van der Waals surface area (Å²) in [6.07, 6.45) is 4.93. The Morgan fingerprint density at radius 1 is 1.22 bits per heavy atom. The number of aromatic carboxylic acids is 1. The lowest BCUT2D eigenvalue weighted by atomic mass is 10.00. The fourth-order valence-electron chi connectivity index (χ4n) is 3.22. The Bertz CT molecular complexity index is 668. The highest BCUT2D eigenvalue weighted by Crippen LogP contribution is 2.24. The first-order valence-electron chi connectivity index (χ1n) is 7.85. The highest BCUT2D eigenvalue weighted by molar-refractivity contribution is 7.86. The summed E-state index contributed by atoms with van der Waals surface area (Å²) in [4.78, 5) is 10.8. The van der Waals surface area contributed by atoms with E-state index in [0.29, 0.717) is 32.7 Å². The van der Waals surface area contributed by atoms with Crippen LogP contribution in [0.1, 0.15) is 36.2 Å². The topological polar surface area (TPSA) is 109 Å². The molecular formula is C13H21N5O4S. The molecule has 23 heavy (non-hydrogen) atoms. The van der Waals surface area contributed by atoms with Gasteiger partial charge in [-0.1, -0.05) is 5.21 Å². The molecule has 3 rings (SSSR count). The smallest absolute Gasteiger partial charge is 0.358 e. The van der Waals surface area contributed by atoms with Crippen LogP contribution in [0.3, 0.4) is 0 Å². The number of hydrogen-bond donors (Lipinski definition) is 1. The SMILES string of the molecule is O=C(O)c1cn(C[C@H]2CCCN(S(=O)(=O)N3CCCC3)C2)nn1. The maximum atomic E-state index is 12.6. The van der Waals surface area contributed by atoms with Gasteiger partial charge in [-0.3, -0.25) is 4.68 Å². The summed E-state index contributed by atoms with van der Waals surface area (Å²) >= 11 is 0. The standard InChI is InChI=1S/C13H21N5O4S/c19-13(20)12-10-16(15-14-12)8-11-4-3-7-18(9-11)23(21,22)17-5-1-2-6-17/h10-11H,1-9H2,(H,19,20)/t11-/m1/s1. The van der Waals surface area contributed by atoms with Gasteiger partial charge in [0.2, 0.25) is 0 Å². The molecule has 2 fully saturated rings. The van der Waals surface area contributed by atoms with E-state index >= 15 is 0 Å². The summed E-state index contributed by atoms with van der Waals surface area (Å²) < 4.78 is 29.8. The van der Waals surface area contributed by atoms with Gasteiger partial charge < -0.3 is 5.11 Å². The number of rotatable bonds is 5. The lowest BCUT2D eigenvalue weighted by Crippen LogP contribution is -2.47. The molecule has 0 bridgehead atoms. The third-order valence-electron chi connectivity index (χ3n) is 4.40. The van der Waals surface area contributed by atoms with Crippen LogP contribution in [0.15, 0.2) is 6.20 Å². The maximum absolute atomic E-state index is 12.6. The zero-order valence-electron chi connectivity index (χ0n) is 12.8. The number of carboxylic acids is 1. The van der Waals surface area contributed by atoms with Crippen LogP contribution in [0.25, 0.3) is 0 Å². The van der Waals surface area contributed by atoms with Gasteiger partial charge in [-0.05, 0) is 31.6 Å². The van der Waals surface area contributed by atoms with Crippen molar-refractivity contribution < 1.29 is 18.3 Å². The van der Waals surface area contributed by atoms with Crippen molar-refractivity contribution >= 4 is 16.2 Å². The van der Waals surface area contributed by atoms with Gasteiger partial charge in [-0.15, -0.1) is 5.10 Å². The van der Waals surface area contributed by atoms with E-state index in [1.807, 2.05) is 0 Å². The summed E-state index contributed by atoms with van der Waals surface area (Å²) in [5.41, 5.74) is -0.0950. The van der Waals surface area contributed by atoms with Crippen molar-refractivity contribution in [2.75, 3.05) is 26.2 Å². The van der Waals surface area contributed by atoms with Gasteiger partial charge in [0, 0.05) is 32.7 Å². The van der Waals surface area contributed by atoms with E-state index < -0.39 is 16.2 Å². The van der Waals surface area contributed by atoms with E-state index in [1.165, 1.54) is 10.9 Å². The van der Waals surface area contributed by atoms with E-state index in [2.05, 4.69) is 10.3 Å². The number of carbonyl (C=O) groups is 1. The highest BCUT2D eigenvalue weighted by Gasteiger charge is 2.35. The number of carboxylic acid groups (broad SMARTS) is 1. The molecule has 0 unspecified atom stereocenters. The zero-order valence-corrected chi connectivity index (χ0v) is 13.7. The monoisotopic (exact) mass is 343 g/mol. The second-order valence-corrected chi connectivity index (χ2v) is 8.04. The van der Waals surface area contributed by atoms with Crippen molar-refractivity contribution in [3.63, 3.8) is 0 Å². The molecule has 0 saturated carbocycles. The average Bonchev–Trinajstić information content (AvgIpc) is 3.19. The summed E-state index contributed by atoms with van der Waals surface area (Å²) in [5, 5.41) is 16.3. The molecule has 0 aliphatic carbocycles.